The minimum absolute atomic E-state index is 0.0874. The second-order valence-corrected chi connectivity index (χ2v) is 4.07. The lowest BCUT2D eigenvalue weighted by molar-refractivity contribution is 0.0233. The maximum atomic E-state index is 11.2. The van der Waals surface area contributed by atoms with Gasteiger partial charge in [-0.25, -0.2) is 4.98 Å². The zero-order valence-electron chi connectivity index (χ0n) is 8.03. The molecule has 1 aromatic heterocycles. The average Bonchev–Trinajstić information content (AvgIpc) is 2.26. The second kappa shape index (κ2) is 4.76. The van der Waals surface area contributed by atoms with Crippen LogP contribution in [0.4, 0.5) is 0 Å². The van der Waals surface area contributed by atoms with Gasteiger partial charge in [0.2, 0.25) is 5.88 Å². The first kappa shape index (κ1) is 10.6. The van der Waals surface area contributed by atoms with E-state index in [9.17, 15) is 4.79 Å². The van der Waals surface area contributed by atoms with E-state index in [1.165, 1.54) is 6.33 Å². The number of ether oxygens (including phenoxy) is 2. The van der Waals surface area contributed by atoms with E-state index in [2.05, 4.69) is 25.9 Å². The minimum atomic E-state index is -0.230. The Bertz CT molecular complexity index is 387. The highest BCUT2D eigenvalue weighted by Gasteiger charge is 2.17. The van der Waals surface area contributed by atoms with Crippen molar-refractivity contribution in [3.63, 3.8) is 0 Å². The zero-order valence-corrected chi connectivity index (χ0v) is 9.62. The van der Waals surface area contributed by atoms with Gasteiger partial charge < -0.3 is 14.5 Å². The normalized spacial score (nSPS) is 17.7. The Morgan fingerprint density at radius 2 is 2.27 bits per heavy atom. The topological polar surface area (TPSA) is 64.2 Å². The van der Waals surface area contributed by atoms with E-state index in [4.69, 9.17) is 9.47 Å². The molecule has 1 aliphatic rings. The van der Waals surface area contributed by atoms with Crippen molar-refractivity contribution in [2.75, 3.05) is 13.2 Å². The fraction of sp³-hybridized carbons (Fsp3) is 0.556. The predicted molar refractivity (Wildman–Crippen MR) is 57.0 cm³/mol. The van der Waals surface area contributed by atoms with Gasteiger partial charge in [-0.2, -0.15) is 0 Å². The molecule has 82 valence electrons. The smallest absolute Gasteiger partial charge is 0.268 e. The molecular weight excluding hydrogens is 264 g/mol. The van der Waals surface area contributed by atoms with E-state index in [1.54, 1.807) is 0 Å². The summed E-state index contributed by atoms with van der Waals surface area (Å²) in [6.07, 6.45) is 3.09. The van der Waals surface area contributed by atoms with E-state index in [-0.39, 0.29) is 11.7 Å². The van der Waals surface area contributed by atoms with Crippen LogP contribution in [0.1, 0.15) is 12.8 Å². The van der Waals surface area contributed by atoms with E-state index < -0.39 is 0 Å². The van der Waals surface area contributed by atoms with Crippen LogP contribution in [-0.2, 0) is 4.74 Å². The first-order valence-electron chi connectivity index (χ1n) is 4.75. The van der Waals surface area contributed by atoms with Crippen molar-refractivity contribution >= 4 is 15.9 Å². The summed E-state index contributed by atoms with van der Waals surface area (Å²) in [5.41, 5.74) is -0.230. The summed E-state index contributed by atoms with van der Waals surface area (Å²) < 4.78 is 11.2. The van der Waals surface area contributed by atoms with Crippen LogP contribution in [0.2, 0.25) is 0 Å². The van der Waals surface area contributed by atoms with Gasteiger partial charge in [0.1, 0.15) is 10.6 Å². The van der Waals surface area contributed by atoms with E-state index in [1.807, 2.05) is 0 Å². The summed E-state index contributed by atoms with van der Waals surface area (Å²) in [6, 6.07) is 0. The van der Waals surface area contributed by atoms with Gasteiger partial charge >= 0.3 is 0 Å². The lowest BCUT2D eigenvalue weighted by Gasteiger charge is -2.22. The van der Waals surface area contributed by atoms with Gasteiger partial charge in [0, 0.05) is 12.8 Å². The average molecular weight is 275 g/mol. The summed E-state index contributed by atoms with van der Waals surface area (Å²) in [4.78, 5) is 17.7. The van der Waals surface area contributed by atoms with Crippen molar-refractivity contribution < 1.29 is 9.47 Å². The fourth-order valence-corrected chi connectivity index (χ4v) is 1.71. The van der Waals surface area contributed by atoms with Gasteiger partial charge in [0.25, 0.3) is 5.56 Å². The number of aromatic amines is 1. The summed E-state index contributed by atoms with van der Waals surface area (Å²) in [5, 5.41) is 0. The van der Waals surface area contributed by atoms with Crippen LogP contribution in [0.15, 0.2) is 15.6 Å². The molecule has 0 amide bonds. The molecule has 1 saturated heterocycles. The molecule has 0 radical (unpaired) electrons. The molecule has 0 aromatic carbocycles. The highest BCUT2D eigenvalue weighted by molar-refractivity contribution is 9.10. The van der Waals surface area contributed by atoms with Crippen LogP contribution in [0, 0.1) is 0 Å². The molecule has 0 bridgehead atoms. The summed E-state index contributed by atoms with van der Waals surface area (Å²) >= 11 is 3.14. The Labute approximate surface area is 94.9 Å². The third kappa shape index (κ3) is 2.57. The van der Waals surface area contributed by atoms with Crippen molar-refractivity contribution in [1.29, 1.82) is 0 Å². The van der Waals surface area contributed by atoms with Crippen LogP contribution in [-0.4, -0.2) is 29.3 Å². The Morgan fingerprint density at radius 1 is 1.53 bits per heavy atom. The first-order chi connectivity index (χ1) is 7.27. The quantitative estimate of drug-likeness (QED) is 0.877. The molecular formula is C9H11BrN2O3. The highest BCUT2D eigenvalue weighted by Crippen LogP contribution is 2.20. The molecule has 0 aliphatic carbocycles. The van der Waals surface area contributed by atoms with Gasteiger partial charge in [-0.3, -0.25) is 4.79 Å². The maximum absolute atomic E-state index is 11.2. The van der Waals surface area contributed by atoms with Crippen molar-refractivity contribution in [2.45, 2.75) is 18.9 Å². The van der Waals surface area contributed by atoms with Gasteiger partial charge in [-0.05, 0) is 15.9 Å². The molecule has 6 heteroatoms. The van der Waals surface area contributed by atoms with Crippen LogP contribution in [0.3, 0.4) is 0 Å². The van der Waals surface area contributed by atoms with Gasteiger partial charge in [-0.15, -0.1) is 0 Å². The number of hydrogen-bond donors (Lipinski definition) is 1. The Balaban J connectivity index is 2.09. The number of hydrogen-bond acceptors (Lipinski definition) is 4. The fourth-order valence-electron chi connectivity index (χ4n) is 1.40. The SMILES string of the molecule is O=c1[nH]cnc(OC2CCOCC2)c1Br. The molecule has 1 fully saturated rings. The summed E-state index contributed by atoms with van der Waals surface area (Å²) in [7, 11) is 0. The van der Waals surface area contributed by atoms with Gasteiger partial charge in [0.15, 0.2) is 0 Å². The Hall–Kier alpha value is -0.880. The monoisotopic (exact) mass is 274 g/mol. The lowest BCUT2D eigenvalue weighted by Crippen LogP contribution is -2.27. The van der Waals surface area contributed by atoms with Crippen LogP contribution < -0.4 is 10.3 Å². The standard InChI is InChI=1S/C9H11BrN2O3/c10-7-8(13)11-5-12-9(7)15-6-1-3-14-4-2-6/h5-6H,1-4H2,(H,11,12,13). The van der Waals surface area contributed by atoms with E-state index in [0.29, 0.717) is 23.6 Å². The molecule has 1 aromatic rings. The van der Waals surface area contributed by atoms with Crippen molar-refractivity contribution in [1.82, 2.24) is 9.97 Å². The third-order valence-electron chi connectivity index (χ3n) is 2.21. The molecule has 15 heavy (non-hydrogen) atoms. The highest BCUT2D eigenvalue weighted by atomic mass is 79.9. The zero-order chi connectivity index (χ0) is 10.7. The number of H-pyrrole nitrogens is 1. The molecule has 1 aliphatic heterocycles. The molecule has 2 heterocycles. The van der Waals surface area contributed by atoms with Crippen LogP contribution >= 0.6 is 15.9 Å². The molecule has 0 saturated carbocycles. The molecule has 0 unspecified atom stereocenters. The maximum Gasteiger partial charge on any atom is 0.268 e. The van der Waals surface area contributed by atoms with Crippen molar-refractivity contribution in [2.24, 2.45) is 0 Å². The second-order valence-electron chi connectivity index (χ2n) is 3.28. The Kier molecular flexibility index (Phi) is 3.37. The number of nitrogens with one attached hydrogen (secondary N) is 1. The Morgan fingerprint density at radius 3 is 3.00 bits per heavy atom. The van der Waals surface area contributed by atoms with Crippen molar-refractivity contribution in [3.05, 3.63) is 21.2 Å². The van der Waals surface area contributed by atoms with E-state index in [0.717, 1.165) is 12.8 Å². The molecule has 5 nitrogen and oxygen atoms in total. The molecule has 1 N–H and O–H groups in total. The third-order valence-corrected chi connectivity index (χ3v) is 2.91. The molecule has 0 atom stereocenters. The summed E-state index contributed by atoms with van der Waals surface area (Å²) in [5.74, 6) is 0.352. The lowest BCUT2D eigenvalue weighted by atomic mass is 10.2. The molecule has 2 rings (SSSR count). The molecule has 0 spiro atoms. The largest absolute Gasteiger partial charge is 0.473 e. The summed E-state index contributed by atoms with van der Waals surface area (Å²) in [6.45, 7) is 1.40. The van der Waals surface area contributed by atoms with Crippen LogP contribution in [0.5, 0.6) is 5.88 Å². The predicted octanol–water partition coefficient (Wildman–Crippen LogP) is 1.09. The number of rotatable bonds is 2. The van der Waals surface area contributed by atoms with Gasteiger partial charge in [-0.1, -0.05) is 0 Å². The number of halogens is 1. The minimum Gasteiger partial charge on any atom is -0.473 e. The van der Waals surface area contributed by atoms with Gasteiger partial charge in [0.05, 0.1) is 19.5 Å². The number of aromatic nitrogens is 2. The van der Waals surface area contributed by atoms with Crippen molar-refractivity contribution in [3.8, 4) is 5.88 Å². The van der Waals surface area contributed by atoms with E-state index >= 15 is 0 Å². The first-order valence-corrected chi connectivity index (χ1v) is 5.54. The van der Waals surface area contributed by atoms with Crippen LogP contribution in [0.25, 0.3) is 0 Å². The number of nitrogens with zero attached hydrogens (tertiary/aromatic N) is 1.